The number of rotatable bonds is 2. The predicted molar refractivity (Wildman–Crippen MR) is 58.4 cm³/mol. The van der Waals surface area contributed by atoms with Crippen molar-refractivity contribution in [2.45, 2.75) is 6.04 Å². The van der Waals surface area contributed by atoms with Gasteiger partial charge < -0.3 is 15.7 Å². The number of nitro benzene ring substituents is 1. The van der Waals surface area contributed by atoms with E-state index in [9.17, 15) is 15.2 Å². The Kier molecular flexibility index (Phi) is 3.02. The predicted octanol–water partition coefficient (Wildman–Crippen LogP) is 0.534. The first kappa shape index (κ1) is 10.8. The van der Waals surface area contributed by atoms with Crippen LogP contribution in [-0.2, 0) is 0 Å². The molecular weight excluding hydrogens is 210 g/mol. The van der Waals surface area contributed by atoms with Crippen molar-refractivity contribution in [3.8, 4) is 5.75 Å². The van der Waals surface area contributed by atoms with Crippen LogP contribution >= 0.6 is 0 Å². The van der Waals surface area contributed by atoms with E-state index < -0.39 is 4.92 Å². The maximum absolute atomic E-state index is 10.7. The van der Waals surface area contributed by atoms with Crippen molar-refractivity contribution < 1.29 is 10.0 Å². The van der Waals surface area contributed by atoms with Gasteiger partial charge in [-0.15, -0.1) is 0 Å². The first-order valence-electron chi connectivity index (χ1n) is 5.10. The molecule has 2 rings (SSSR count). The molecule has 1 aromatic carbocycles. The third-order valence-electron chi connectivity index (χ3n) is 2.64. The van der Waals surface area contributed by atoms with Crippen LogP contribution in [0.15, 0.2) is 18.2 Å². The Bertz CT molecular complexity index is 402. The zero-order chi connectivity index (χ0) is 11.5. The molecule has 0 radical (unpaired) electrons. The molecule has 86 valence electrons. The second kappa shape index (κ2) is 4.46. The molecule has 16 heavy (non-hydrogen) atoms. The Hall–Kier alpha value is -1.66. The summed E-state index contributed by atoms with van der Waals surface area (Å²) in [4.78, 5) is 10.1. The van der Waals surface area contributed by atoms with Gasteiger partial charge in [0.2, 0.25) is 0 Å². The molecule has 1 fully saturated rings. The minimum absolute atomic E-state index is 0.0630. The largest absolute Gasteiger partial charge is 0.502 e. The van der Waals surface area contributed by atoms with Crippen molar-refractivity contribution >= 4 is 5.69 Å². The van der Waals surface area contributed by atoms with E-state index in [-0.39, 0.29) is 17.5 Å². The smallest absolute Gasteiger partial charge is 0.311 e. The van der Waals surface area contributed by atoms with Crippen molar-refractivity contribution in [1.29, 1.82) is 0 Å². The number of aromatic hydroxyl groups is 1. The molecule has 1 aliphatic rings. The number of nitrogens with zero attached hydrogens (tertiary/aromatic N) is 1. The SMILES string of the molecule is O=[N+]([O-])c1cc([C@@H]2CNCCN2)ccc1O. The molecule has 1 aliphatic heterocycles. The summed E-state index contributed by atoms with van der Waals surface area (Å²) in [5, 5.41) is 26.4. The minimum Gasteiger partial charge on any atom is -0.502 e. The van der Waals surface area contributed by atoms with Crippen LogP contribution in [0.5, 0.6) is 5.75 Å². The Morgan fingerprint density at radius 3 is 2.88 bits per heavy atom. The van der Waals surface area contributed by atoms with Gasteiger partial charge in [0.15, 0.2) is 5.75 Å². The van der Waals surface area contributed by atoms with E-state index in [0.717, 1.165) is 25.2 Å². The van der Waals surface area contributed by atoms with Gasteiger partial charge in [-0.1, -0.05) is 6.07 Å². The molecule has 6 heteroatoms. The fourth-order valence-electron chi connectivity index (χ4n) is 1.79. The van der Waals surface area contributed by atoms with Crippen LogP contribution in [0.3, 0.4) is 0 Å². The maximum Gasteiger partial charge on any atom is 0.311 e. The van der Waals surface area contributed by atoms with Gasteiger partial charge in [0.1, 0.15) is 0 Å². The molecule has 0 aromatic heterocycles. The number of phenols is 1. The number of benzene rings is 1. The van der Waals surface area contributed by atoms with Crippen molar-refractivity contribution in [1.82, 2.24) is 10.6 Å². The Morgan fingerprint density at radius 2 is 2.25 bits per heavy atom. The first-order chi connectivity index (χ1) is 7.68. The fourth-order valence-corrected chi connectivity index (χ4v) is 1.79. The summed E-state index contributed by atoms with van der Waals surface area (Å²) in [6.07, 6.45) is 0. The first-order valence-corrected chi connectivity index (χ1v) is 5.10. The quantitative estimate of drug-likeness (QED) is 0.503. The molecule has 0 unspecified atom stereocenters. The van der Waals surface area contributed by atoms with Gasteiger partial charge in [0.05, 0.1) is 4.92 Å². The van der Waals surface area contributed by atoms with Gasteiger partial charge in [0.25, 0.3) is 0 Å². The fraction of sp³-hybridized carbons (Fsp3) is 0.400. The average Bonchev–Trinajstić information content (AvgIpc) is 2.30. The Balaban J connectivity index is 2.27. The van der Waals surface area contributed by atoms with Crippen LogP contribution in [0.2, 0.25) is 0 Å². The lowest BCUT2D eigenvalue weighted by Gasteiger charge is -2.24. The maximum atomic E-state index is 10.7. The van der Waals surface area contributed by atoms with Crippen molar-refractivity contribution in [3.05, 3.63) is 33.9 Å². The van der Waals surface area contributed by atoms with Gasteiger partial charge in [-0.05, 0) is 11.6 Å². The van der Waals surface area contributed by atoms with Gasteiger partial charge in [-0.3, -0.25) is 10.1 Å². The van der Waals surface area contributed by atoms with Crippen molar-refractivity contribution in [2.75, 3.05) is 19.6 Å². The zero-order valence-electron chi connectivity index (χ0n) is 8.64. The number of phenolic OH excluding ortho intramolecular Hbond substituents is 1. The zero-order valence-corrected chi connectivity index (χ0v) is 8.64. The molecular formula is C10H13N3O3. The van der Waals surface area contributed by atoms with E-state index in [1.165, 1.54) is 12.1 Å². The Morgan fingerprint density at radius 1 is 1.44 bits per heavy atom. The average molecular weight is 223 g/mol. The number of nitrogens with one attached hydrogen (secondary N) is 2. The third-order valence-corrected chi connectivity index (χ3v) is 2.64. The van der Waals surface area contributed by atoms with E-state index in [0.29, 0.717) is 0 Å². The second-order valence-corrected chi connectivity index (χ2v) is 3.72. The number of hydrogen-bond acceptors (Lipinski definition) is 5. The van der Waals surface area contributed by atoms with Gasteiger partial charge in [0, 0.05) is 31.7 Å². The molecule has 6 nitrogen and oxygen atoms in total. The van der Waals surface area contributed by atoms with E-state index in [2.05, 4.69) is 10.6 Å². The number of hydrogen-bond donors (Lipinski definition) is 3. The number of piperazine rings is 1. The van der Waals surface area contributed by atoms with E-state index in [4.69, 9.17) is 0 Å². The molecule has 1 aromatic rings. The van der Waals surface area contributed by atoms with E-state index >= 15 is 0 Å². The highest BCUT2D eigenvalue weighted by Gasteiger charge is 2.19. The van der Waals surface area contributed by atoms with E-state index in [1.54, 1.807) is 6.07 Å². The van der Waals surface area contributed by atoms with Crippen LogP contribution in [-0.4, -0.2) is 29.7 Å². The third kappa shape index (κ3) is 2.12. The summed E-state index contributed by atoms with van der Waals surface area (Å²) < 4.78 is 0. The normalized spacial score (nSPS) is 20.6. The summed E-state index contributed by atoms with van der Waals surface area (Å²) in [6, 6.07) is 4.55. The lowest BCUT2D eigenvalue weighted by Crippen LogP contribution is -2.42. The highest BCUT2D eigenvalue weighted by molar-refractivity contribution is 5.48. The summed E-state index contributed by atoms with van der Waals surface area (Å²) in [5.41, 5.74) is 0.571. The summed E-state index contributed by atoms with van der Waals surface area (Å²) >= 11 is 0. The van der Waals surface area contributed by atoms with Gasteiger partial charge in [-0.2, -0.15) is 0 Å². The van der Waals surface area contributed by atoms with Crippen LogP contribution in [0.4, 0.5) is 5.69 Å². The molecule has 0 amide bonds. The van der Waals surface area contributed by atoms with Crippen LogP contribution in [0.25, 0.3) is 0 Å². The highest BCUT2D eigenvalue weighted by Crippen LogP contribution is 2.28. The molecule has 0 bridgehead atoms. The molecule has 0 aliphatic carbocycles. The van der Waals surface area contributed by atoms with Crippen molar-refractivity contribution in [3.63, 3.8) is 0 Å². The molecule has 3 N–H and O–H groups in total. The Labute approximate surface area is 92.4 Å². The lowest BCUT2D eigenvalue weighted by molar-refractivity contribution is -0.385. The summed E-state index contributed by atoms with van der Waals surface area (Å²) in [7, 11) is 0. The molecule has 0 saturated carbocycles. The van der Waals surface area contributed by atoms with Gasteiger partial charge in [-0.25, -0.2) is 0 Å². The molecule has 1 heterocycles. The van der Waals surface area contributed by atoms with E-state index in [1.807, 2.05) is 0 Å². The standard InChI is InChI=1S/C10H13N3O3/c14-10-2-1-7(5-9(10)13(15)16)8-6-11-3-4-12-8/h1-2,5,8,11-12,14H,3-4,6H2/t8-/m0/s1. The van der Waals surface area contributed by atoms with Crippen LogP contribution in [0, 0.1) is 10.1 Å². The lowest BCUT2D eigenvalue weighted by atomic mass is 10.0. The monoisotopic (exact) mass is 223 g/mol. The van der Waals surface area contributed by atoms with Crippen LogP contribution < -0.4 is 10.6 Å². The summed E-state index contributed by atoms with van der Waals surface area (Å²) in [6.45, 7) is 2.47. The van der Waals surface area contributed by atoms with Crippen molar-refractivity contribution in [2.24, 2.45) is 0 Å². The molecule has 1 atom stereocenters. The summed E-state index contributed by atoms with van der Waals surface area (Å²) in [5.74, 6) is -0.294. The topological polar surface area (TPSA) is 87.4 Å². The highest BCUT2D eigenvalue weighted by atomic mass is 16.6. The second-order valence-electron chi connectivity index (χ2n) is 3.72. The van der Waals surface area contributed by atoms with Crippen LogP contribution in [0.1, 0.15) is 11.6 Å². The number of nitro groups is 1. The molecule has 1 saturated heterocycles. The van der Waals surface area contributed by atoms with Gasteiger partial charge >= 0.3 is 5.69 Å². The minimum atomic E-state index is -0.574. The molecule has 0 spiro atoms.